The highest BCUT2D eigenvalue weighted by Crippen LogP contribution is 2.28. The van der Waals surface area contributed by atoms with Crippen molar-refractivity contribution in [3.8, 4) is 11.5 Å². The molecule has 0 atom stereocenters. The van der Waals surface area contributed by atoms with E-state index in [0.29, 0.717) is 23.3 Å². The molecule has 0 aliphatic rings. The molecule has 1 amide bonds. The number of hydrogen-bond donors (Lipinski definition) is 1. The van der Waals surface area contributed by atoms with Crippen LogP contribution in [-0.4, -0.2) is 19.5 Å². The summed E-state index contributed by atoms with van der Waals surface area (Å²) in [6.45, 7) is 3.84. The van der Waals surface area contributed by atoms with Gasteiger partial charge >= 0.3 is 6.09 Å². The number of amides is 1. The van der Waals surface area contributed by atoms with E-state index in [0.717, 1.165) is 11.1 Å². The van der Waals surface area contributed by atoms with Crippen LogP contribution in [0.1, 0.15) is 21.5 Å². The highest BCUT2D eigenvalue weighted by molar-refractivity contribution is 5.88. The molecule has 0 spiro atoms. The van der Waals surface area contributed by atoms with Gasteiger partial charge in [0.1, 0.15) is 6.29 Å². The Kier molecular flexibility index (Phi) is 4.78. The SMILES string of the molecule is COc1cc(C=O)ccc1OC(=O)Nc1cc(C)ccc1C. The molecule has 0 aliphatic carbocycles. The summed E-state index contributed by atoms with van der Waals surface area (Å²) in [6, 6.07) is 10.3. The van der Waals surface area contributed by atoms with Gasteiger partial charge in [-0.2, -0.15) is 0 Å². The first-order chi connectivity index (χ1) is 10.5. The normalized spacial score (nSPS) is 9.95. The predicted molar refractivity (Wildman–Crippen MR) is 83.9 cm³/mol. The lowest BCUT2D eigenvalue weighted by Crippen LogP contribution is -2.17. The second kappa shape index (κ2) is 6.76. The fourth-order valence-corrected chi connectivity index (χ4v) is 1.95. The summed E-state index contributed by atoms with van der Waals surface area (Å²) in [6.07, 6.45) is 0.0773. The lowest BCUT2D eigenvalue weighted by Gasteiger charge is -2.12. The molecule has 0 saturated carbocycles. The van der Waals surface area contributed by atoms with Crippen molar-refractivity contribution in [3.05, 3.63) is 53.1 Å². The summed E-state index contributed by atoms with van der Waals surface area (Å²) in [5.41, 5.74) is 3.10. The Morgan fingerprint density at radius 1 is 1.09 bits per heavy atom. The molecule has 0 saturated heterocycles. The van der Waals surface area contributed by atoms with Crippen LogP contribution in [0.5, 0.6) is 11.5 Å². The zero-order valence-corrected chi connectivity index (χ0v) is 12.7. The zero-order chi connectivity index (χ0) is 16.1. The summed E-state index contributed by atoms with van der Waals surface area (Å²) in [5.74, 6) is 0.566. The molecule has 5 heteroatoms. The van der Waals surface area contributed by atoms with Crippen LogP contribution in [0.4, 0.5) is 10.5 Å². The third kappa shape index (κ3) is 3.63. The molecule has 0 bridgehead atoms. The van der Waals surface area contributed by atoms with Crippen LogP contribution in [-0.2, 0) is 0 Å². The highest BCUT2D eigenvalue weighted by Gasteiger charge is 2.12. The Morgan fingerprint density at radius 3 is 2.55 bits per heavy atom. The van der Waals surface area contributed by atoms with Crippen molar-refractivity contribution in [2.45, 2.75) is 13.8 Å². The number of carbonyl (C=O) groups excluding carboxylic acids is 2. The van der Waals surface area contributed by atoms with Crippen LogP contribution in [0.3, 0.4) is 0 Å². The van der Waals surface area contributed by atoms with E-state index < -0.39 is 6.09 Å². The molecular formula is C17H17NO4. The molecule has 0 radical (unpaired) electrons. The minimum Gasteiger partial charge on any atom is -0.493 e. The largest absolute Gasteiger partial charge is 0.493 e. The molecule has 1 N–H and O–H groups in total. The molecular weight excluding hydrogens is 282 g/mol. The van der Waals surface area contributed by atoms with Gasteiger partial charge in [-0.05, 0) is 49.2 Å². The van der Waals surface area contributed by atoms with Crippen LogP contribution in [0, 0.1) is 13.8 Å². The molecule has 0 heterocycles. The van der Waals surface area contributed by atoms with Crippen molar-refractivity contribution >= 4 is 18.1 Å². The van der Waals surface area contributed by atoms with Crippen molar-refractivity contribution in [2.75, 3.05) is 12.4 Å². The van der Waals surface area contributed by atoms with E-state index in [1.807, 2.05) is 32.0 Å². The van der Waals surface area contributed by atoms with Crippen molar-refractivity contribution in [3.63, 3.8) is 0 Å². The van der Waals surface area contributed by atoms with Gasteiger partial charge < -0.3 is 9.47 Å². The average molecular weight is 299 g/mol. The number of benzene rings is 2. The summed E-state index contributed by atoms with van der Waals surface area (Å²) in [5, 5.41) is 2.69. The number of rotatable bonds is 4. The Labute approximate surface area is 128 Å². The van der Waals surface area contributed by atoms with Gasteiger partial charge in [0.05, 0.1) is 7.11 Å². The highest BCUT2D eigenvalue weighted by atomic mass is 16.6. The van der Waals surface area contributed by atoms with Gasteiger partial charge in [0.25, 0.3) is 0 Å². The number of nitrogens with one attached hydrogen (secondary N) is 1. The van der Waals surface area contributed by atoms with Crippen LogP contribution < -0.4 is 14.8 Å². The number of carbonyl (C=O) groups is 2. The second-order valence-electron chi connectivity index (χ2n) is 4.86. The van der Waals surface area contributed by atoms with E-state index in [-0.39, 0.29) is 5.75 Å². The maximum Gasteiger partial charge on any atom is 0.417 e. The second-order valence-corrected chi connectivity index (χ2v) is 4.86. The number of ether oxygens (including phenoxy) is 2. The third-order valence-corrected chi connectivity index (χ3v) is 3.16. The van der Waals surface area contributed by atoms with Crippen LogP contribution >= 0.6 is 0 Å². The average Bonchev–Trinajstić information content (AvgIpc) is 2.51. The summed E-state index contributed by atoms with van der Waals surface area (Å²) >= 11 is 0. The van der Waals surface area contributed by atoms with E-state index in [1.54, 1.807) is 6.07 Å². The third-order valence-electron chi connectivity index (χ3n) is 3.16. The Bertz CT molecular complexity index is 710. The smallest absolute Gasteiger partial charge is 0.417 e. The minimum atomic E-state index is -0.620. The molecule has 5 nitrogen and oxygen atoms in total. The fraction of sp³-hybridized carbons (Fsp3) is 0.176. The molecule has 2 rings (SSSR count). The predicted octanol–water partition coefficient (Wildman–Crippen LogP) is 3.74. The maximum absolute atomic E-state index is 12.0. The Morgan fingerprint density at radius 2 is 1.86 bits per heavy atom. The summed E-state index contributed by atoms with van der Waals surface area (Å²) in [7, 11) is 1.44. The standard InChI is InChI=1S/C17H17NO4/c1-11-4-5-12(2)14(8-11)18-17(20)22-15-7-6-13(10-19)9-16(15)21-3/h4-10H,1-3H3,(H,18,20). The molecule has 2 aromatic carbocycles. The first-order valence-electron chi connectivity index (χ1n) is 6.73. The van der Waals surface area contributed by atoms with Gasteiger partial charge in [-0.25, -0.2) is 4.79 Å². The van der Waals surface area contributed by atoms with Gasteiger partial charge in [-0.3, -0.25) is 10.1 Å². The van der Waals surface area contributed by atoms with Crippen LogP contribution in [0.15, 0.2) is 36.4 Å². The molecule has 2 aromatic rings. The molecule has 22 heavy (non-hydrogen) atoms. The van der Waals surface area contributed by atoms with E-state index in [2.05, 4.69) is 5.32 Å². The zero-order valence-electron chi connectivity index (χ0n) is 12.7. The number of aryl methyl sites for hydroxylation is 2. The van der Waals surface area contributed by atoms with Crippen LogP contribution in [0.25, 0.3) is 0 Å². The summed E-state index contributed by atoms with van der Waals surface area (Å²) in [4.78, 5) is 22.8. The van der Waals surface area contributed by atoms with Gasteiger partial charge in [0.2, 0.25) is 0 Å². The van der Waals surface area contributed by atoms with E-state index in [9.17, 15) is 9.59 Å². The monoisotopic (exact) mass is 299 g/mol. The quantitative estimate of drug-likeness (QED) is 0.874. The molecule has 0 unspecified atom stereocenters. The van der Waals surface area contributed by atoms with Crippen molar-refractivity contribution in [1.29, 1.82) is 0 Å². The van der Waals surface area contributed by atoms with Gasteiger partial charge in [-0.1, -0.05) is 12.1 Å². The van der Waals surface area contributed by atoms with E-state index in [4.69, 9.17) is 9.47 Å². The van der Waals surface area contributed by atoms with Crippen molar-refractivity contribution in [2.24, 2.45) is 0 Å². The van der Waals surface area contributed by atoms with Gasteiger partial charge in [0.15, 0.2) is 11.5 Å². The van der Waals surface area contributed by atoms with Crippen molar-refractivity contribution in [1.82, 2.24) is 0 Å². The molecule has 114 valence electrons. The number of methoxy groups -OCH3 is 1. The van der Waals surface area contributed by atoms with Crippen LogP contribution in [0.2, 0.25) is 0 Å². The number of hydrogen-bond acceptors (Lipinski definition) is 4. The van der Waals surface area contributed by atoms with Crippen molar-refractivity contribution < 1.29 is 19.1 Å². The first-order valence-corrected chi connectivity index (χ1v) is 6.73. The molecule has 0 aromatic heterocycles. The van der Waals surface area contributed by atoms with E-state index in [1.165, 1.54) is 19.2 Å². The topological polar surface area (TPSA) is 64.6 Å². The lowest BCUT2D eigenvalue weighted by atomic mass is 10.1. The number of anilines is 1. The molecule has 0 aliphatic heterocycles. The Balaban J connectivity index is 2.15. The maximum atomic E-state index is 12.0. The fourth-order valence-electron chi connectivity index (χ4n) is 1.95. The van der Waals surface area contributed by atoms with E-state index >= 15 is 0 Å². The number of aldehydes is 1. The van der Waals surface area contributed by atoms with Gasteiger partial charge in [0, 0.05) is 11.3 Å². The first kappa shape index (κ1) is 15.6. The van der Waals surface area contributed by atoms with Gasteiger partial charge in [-0.15, -0.1) is 0 Å². The minimum absolute atomic E-state index is 0.246. The summed E-state index contributed by atoms with van der Waals surface area (Å²) < 4.78 is 10.4. The lowest BCUT2D eigenvalue weighted by molar-refractivity contribution is 0.112. The Hall–Kier alpha value is -2.82. The molecule has 0 fully saturated rings.